The van der Waals surface area contributed by atoms with Crippen molar-refractivity contribution < 1.29 is 9.13 Å². The molecule has 2 nitrogen and oxygen atoms in total. The Morgan fingerprint density at radius 2 is 2.28 bits per heavy atom. The largest absolute Gasteiger partial charge is 0.494 e. The van der Waals surface area contributed by atoms with Crippen molar-refractivity contribution in [1.29, 1.82) is 0 Å². The molecule has 4 heteroatoms. The predicted molar refractivity (Wildman–Crippen MR) is 71.6 cm³/mol. The zero-order chi connectivity index (χ0) is 13.0. The van der Waals surface area contributed by atoms with Crippen molar-refractivity contribution in [3.8, 4) is 5.75 Å². The summed E-state index contributed by atoms with van der Waals surface area (Å²) in [5.74, 6) is 0.526. The standard InChI is InChI=1S/C14H19ClFNO/c1-18-14-6-5-10(7-13(14)16)8-17-9-11-3-2-4-12(11)15/h5-7,11-12,17H,2-4,8-9H2,1H3. The van der Waals surface area contributed by atoms with Gasteiger partial charge in [0.2, 0.25) is 0 Å². The van der Waals surface area contributed by atoms with E-state index in [1.165, 1.54) is 26.0 Å². The van der Waals surface area contributed by atoms with E-state index in [0.717, 1.165) is 18.5 Å². The molecule has 0 bridgehead atoms. The van der Waals surface area contributed by atoms with Crippen LogP contribution < -0.4 is 10.1 Å². The van der Waals surface area contributed by atoms with E-state index in [2.05, 4.69) is 5.32 Å². The van der Waals surface area contributed by atoms with E-state index in [1.54, 1.807) is 6.07 Å². The molecule has 2 atom stereocenters. The Labute approximate surface area is 112 Å². The van der Waals surface area contributed by atoms with Gasteiger partial charge in [-0.15, -0.1) is 11.6 Å². The third-order valence-corrected chi connectivity index (χ3v) is 4.09. The van der Waals surface area contributed by atoms with E-state index in [0.29, 0.717) is 17.8 Å². The number of nitrogens with one attached hydrogen (secondary N) is 1. The van der Waals surface area contributed by atoms with E-state index in [-0.39, 0.29) is 11.6 Å². The lowest BCUT2D eigenvalue weighted by Gasteiger charge is -2.14. The molecule has 0 radical (unpaired) electrons. The van der Waals surface area contributed by atoms with Gasteiger partial charge < -0.3 is 10.1 Å². The van der Waals surface area contributed by atoms with E-state index in [9.17, 15) is 4.39 Å². The molecule has 0 aromatic heterocycles. The molecular weight excluding hydrogens is 253 g/mol. The summed E-state index contributed by atoms with van der Waals surface area (Å²) in [6.07, 6.45) is 3.53. The minimum atomic E-state index is -0.312. The number of halogens is 2. The minimum absolute atomic E-state index is 0.287. The first-order valence-corrected chi connectivity index (χ1v) is 6.81. The van der Waals surface area contributed by atoms with E-state index >= 15 is 0 Å². The first kappa shape index (κ1) is 13.6. The molecule has 0 spiro atoms. The van der Waals surface area contributed by atoms with Gasteiger partial charge in [0.15, 0.2) is 11.6 Å². The molecule has 0 saturated heterocycles. The van der Waals surface area contributed by atoms with Crippen LogP contribution in [0.5, 0.6) is 5.75 Å². The number of methoxy groups -OCH3 is 1. The van der Waals surface area contributed by atoms with Crippen LogP contribution in [0.2, 0.25) is 0 Å². The minimum Gasteiger partial charge on any atom is -0.494 e. The van der Waals surface area contributed by atoms with Crippen LogP contribution in [0.1, 0.15) is 24.8 Å². The summed E-state index contributed by atoms with van der Waals surface area (Å²) in [4.78, 5) is 0. The van der Waals surface area contributed by atoms with Gasteiger partial charge in [0, 0.05) is 11.9 Å². The highest BCUT2D eigenvalue weighted by Gasteiger charge is 2.24. The molecule has 0 amide bonds. The van der Waals surface area contributed by atoms with Crippen molar-refractivity contribution in [1.82, 2.24) is 5.32 Å². The Kier molecular flexibility index (Phi) is 4.84. The maximum absolute atomic E-state index is 13.5. The van der Waals surface area contributed by atoms with Gasteiger partial charge >= 0.3 is 0 Å². The number of hydrogen-bond acceptors (Lipinski definition) is 2. The first-order valence-electron chi connectivity index (χ1n) is 6.38. The lowest BCUT2D eigenvalue weighted by molar-refractivity contribution is 0.386. The summed E-state index contributed by atoms with van der Waals surface area (Å²) in [7, 11) is 1.47. The number of hydrogen-bond donors (Lipinski definition) is 1. The lowest BCUT2D eigenvalue weighted by atomic mass is 10.1. The zero-order valence-electron chi connectivity index (χ0n) is 10.6. The van der Waals surface area contributed by atoms with E-state index in [4.69, 9.17) is 16.3 Å². The van der Waals surface area contributed by atoms with Gasteiger partial charge in [0.25, 0.3) is 0 Å². The van der Waals surface area contributed by atoms with Crippen LogP contribution in [0, 0.1) is 11.7 Å². The van der Waals surface area contributed by atoms with Gasteiger partial charge in [0.1, 0.15) is 0 Å². The molecule has 100 valence electrons. The maximum atomic E-state index is 13.5. The summed E-state index contributed by atoms with van der Waals surface area (Å²) in [5, 5.41) is 3.64. The fourth-order valence-electron chi connectivity index (χ4n) is 2.44. The summed E-state index contributed by atoms with van der Waals surface area (Å²) < 4.78 is 18.4. The van der Waals surface area contributed by atoms with Crippen LogP contribution in [0.3, 0.4) is 0 Å². The molecule has 2 unspecified atom stereocenters. The Bertz CT molecular complexity index is 399. The molecule has 1 saturated carbocycles. The van der Waals surface area contributed by atoms with Crippen LogP contribution in [-0.2, 0) is 6.54 Å². The Morgan fingerprint density at radius 3 is 2.89 bits per heavy atom. The second-order valence-electron chi connectivity index (χ2n) is 4.81. The summed E-state index contributed by atoms with van der Waals surface area (Å²) in [5.41, 5.74) is 0.928. The molecule has 1 fully saturated rings. The molecule has 0 heterocycles. The normalized spacial score (nSPS) is 23.3. The number of benzene rings is 1. The number of ether oxygens (including phenoxy) is 1. The highest BCUT2D eigenvalue weighted by molar-refractivity contribution is 6.20. The molecule has 1 aromatic carbocycles. The van der Waals surface area contributed by atoms with Gasteiger partial charge in [-0.1, -0.05) is 12.5 Å². The highest BCUT2D eigenvalue weighted by atomic mass is 35.5. The van der Waals surface area contributed by atoms with Crippen LogP contribution in [-0.4, -0.2) is 19.0 Å². The summed E-state index contributed by atoms with van der Waals surface area (Å²) in [6, 6.07) is 5.05. The predicted octanol–water partition coefficient (Wildman–Crippen LogP) is 3.33. The van der Waals surface area contributed by atoms with Crippen LogP contribution in [0.4, 0.5) is 4.39 Å². The van der Waals surface area contributed by atoms with Crippen molar-refractivity contribution in [2.24, 2.45) is 5.92 Å². The fraction of sp³-hybridized carbons (Fsp3) is 0.571. The molecule has 1 N–H and O–H groups in total. The van der Waals surface area contributed by atoms with Gasteiger partial charge in [-0.25, -0.2) is 4.39 Å². The van der Waals surface area contributed by atoms with Crippen molar-refractivity contribution >= 4 is 11.6 Å². The Morgan fingerprint density at radius 1 is 1.44 bits per heavy atom. The van der Waals surface area contributed by atoms with Gasteiger partial charge in [-0.2, -0.15) is 0 Å². The van der Waals surface area contributed by atoms with Crippen LogP contribution >= 0.6 is 11.6 Å². The smallest absolute Gasteiger partial charge is 0.165 e. The highest BCUT2D eigenvalue weighted by Crippen LogP contribution is 2.29. The number of alkyl halides is 1. The fourth-order valence-corrected chi connectivity index (χ4v) is 2.81. The topological polar surface area (TPSA) is 21.3 Å². The van der Waals surface area contributed by atoms with Gasteiger partial charge in [-0.05, 0) is 43.0 Å². The van der Waals surface area contributed by atoms with E-state index < -0.39 is 0 Å². The number of rotatable bonds is 5. The molecule has 1 aliphatic carbocycles. The van der Waals surface area contributed by atoms with Crippen molar-refractivity contribution in [2.75, 3.05) is 13.7 Å². The van der Waals surface area contributed by atoms with Gasteiger partial charge in [-0.3, -0.25) is 0 Å². The van der Waals surface area contributed by atoms with Crippen LogP contribution in [0.15, 0.2) is 18.2 Å². The monoisotopic (exact) mass is 271 g/mol. The SMILES string of the molecule is COc1ccc(CNCC2CCCC2Cl)cc1F. The molecule has 1 aliphatic rings. The average molecular weight is 272 g/mol. The van der Waals surface area contributed by atoms with Crippen molar-refractivity contribution in [3.05, 3.63) is 29.6 Å². The Hall–Kier alpha value is -0.800. The zero-order valence-corrected chi connectivity index (χ0v) is 11.3. The van der Waals surface area contributed by atoms with E-state index in [1.807, 2.05) is 6.07 Å². The van der Waals surface area contributed by atoms with Gasteiger partial charge in [0.05, 0.1) is 7.11 Å². The molecule has 18 heavy (non-hydrogen) atoms. The summed E-state index contributed by atoms with van der Waals surface area (Å²) >= 11 is 6.21. The quantitative estimate of drug-likeness (QED) is 0.830. The molecular formula is C14H19ClFNO. The molecule has 1 aromatic rings. The second kappa shape index (κ2) is 6.39. The Balaban J connectivity index is 1.81. The third-order valence-electron chi connectivity index (χ3n) is 3.52. The second-order valence-corrected chi connectivity index (χ2v) is 5.37. The third kappa shape index (κ3) is 3.36. The average Bonchev–Trinajstić information content (AvgIpc) is 2.75. The van der Waals surface area contributed by atoms with Crippen molar-refractivity contribution in [2.45, 2.75) is 31.2 Å². The first-order chi connectivity index (χ1) is 8.70. The summed E-state index contributed by atoms with van der Waals surface area (Å²) in [6.45, 7) is 1.57. The maximum Gasteiger partial charge on any atom is 0.165 e. The van der Waals surface area contributed by atoms with Crippen LogP contribution in [0.25, 0.3) is 0 Å². The lowest BCUT2D eigenvalue weighted by Crippen LogP contribution is -2.25. The van der Waals surface area contributed by atoms with Crippen molar-refractivity contribution in [3.63, 3.8) is 0 Å². The molecule has 2 rings (SSSR count). The molecule has 0 aliphatic heterocycles.